The minimum atomic E-state index is -3.46. The van der Waals surface area contributed by atoms with E-state index in [1.165, 1.54) is 0 Å². The molecule has 86 valence electrons. The number of aromatic nitrogens is 1. The molecule has 0 bridgehead atoms. The number of nitrogens with one attached hydrogen (secondary N) is 1. The Labute approximate surface area is 103 Å². The number of alkyl halides is 1. The lowest BCUT2D eigenvalue weighted by molar-refractivity contribution is 0.390. The summed E-state index contributed by atoms with van der Waals surface area (Å²) < 4.78 is 31.8. The van der Waals surface area contributed by atoms with E-state index in [2.05, 4.69) is 32.5 Å². The van der Waals surface area contributed by atoms with Gasteiger partial charge in [0.15, 0.2) is 5.76 Å². The lowest BCUT2D eigenvalue weighted by Crippen LogP contribution is -2.25. The van der Waals surface area contributed by atoms with Crippen molar-refractivity contribution in [2.24, 2.45) is 0 Å². The van der Waals surface area contributed by atoms with Crippen LogP contribution in [0.15, 0.2) is 9.42 Å². The van der Waals surface area contributed by atoms with Crippen molar-refractivity contribution in [3.8, 4) is 0 Å². The van der Waals surface area contributed by atoms with Gasteiger partial charge >= 0.3 is 0 Å². The second-order valence-corrected chi connectivity index (χ2v) is 5.88. The molecular weight excluding hydrogens is 331 g/mol. The Hall–Kier alpha value is -0.150. The molecule has 0 saturated carbocycles. The molecule has 1 rings (SSSR count). The first-order valence-corrected chi connectivity index (χ1v) is 7.48. The van der Waals surface area contributed by atoms with Crippen LogP contribution >= 0.6 is 22.6 Å². The van der Waals surface area contributed by atoms with Crippen LogP contribution in [0.3, 0.4) is 0 Å². The van der Waals surface area contributed by atoms with E-state index in [0.717, 1.165) is 10.8 Å². The Bertz CT molecular complexity index is 408. The van der Waals surface area contributed by atoms with Gasteiger partial charge in [-0.1, -0.05) is 27.7 Å². The molecule has 15 heavy (non-hydrogen) atoms. The van der Waals surface area contributed by atoms with E-state index in [4.69, 9.17) is 4.52 Å². The molecule has 1 aromatic rings. The highest BCUT2D eigenvalue weighted by Crippen LogP contribution is 2.18. The maximum Gasteiger partial charge on any atom is 0.245 e. The summed E-state index contributed by atoms with van der Waals surface area (Å²) in [5.41, 5.74) is 0.398. The second kappa shape index (κ2) is 5.26. The van der Waals surface area contributed by atoms with Crippen LogP contribution < -0.4 is 4.72 Å². The Balaban J connectivity index is 2.87. The van der Waals surface area contributed by atoms with E-state index in [1.807, 2.05) is 0 Å². The van der Waals surface area contributed by atoms with Gasteiger partial charge in [0.1, 0.15) is 10.6 Å². The van der Waals surface area contributed by atoms with Crippen LogP contribution in [0.4, 0.5) is 0 Å². The zero-order chi connectivity index (χ0) is 11.5. The fourth-order valence-electron chi connectivity index (χ4n) is 1.20. The zero-order valence-electron chi connectivity index (χ0n) is 8.58. The summed E-state index contributed by atoms with van der Waals surface area (Å²) in [5, 5.41) is 3.62. The average molecular weight is 344 g/mol. The van der Waals surface area contributed by atoms with Gasteiger partial charge in [0.25, 0.3) is 0 Å². The standard InChI is InChI=1S/C8H13IN2O3S/c1-6-8(7(2)14-11-6)15(12,13)10-5-3-4-9/h10H,3-5H2,1-2H3. The van der Waals surface area contributed by atoms with Crippen LogP contribution in [0.25, 0.3) is 0 Å². The molecule has 5 nitrogen and oxygen atoms in total. The van der Waals surface area contributed by atoms with Crippen LogP contribution in [0.5, 0.6) is 0 Å². The highest BCUT2D eigenvalue weighted by Gasteiger charge is 2.23. The first-order valence-electron chi connectivity index (χ1n) is 4.47. The van der Waals surface area contributed by atoms with Crippen LogP contribution in [0.1, 0.15) is 17.9 Å². The van der Waals surface area contributed by atoms with E-state index < -0.39 is 10.0 Å². The molecule has 0 atom stereocenters. The monoisotopic (exact) mass is 344 g/mol. The lowest BCUT2D eigenvalue weighted by atomic mass is 10.4. The molecule has 0 radical (unpaired) electrons. The van der Waals surface area contributed by atoms with E-state index in [1.54, 1.807) is 13.8 Å². The van der Waals surface area contributed by atoms with Crippen LogP contribution in [0.2, 0.25) is 0 Å². The summed E-state index contributed by atoms with van der Waals surface area (Å²) in [4.78, 5) is 0.163. The molecule has 0 unspecified atom stereocenters. The predicted octanol–water partition coefficient (Wildman–Crippen LogP) is 1.39. The molecule has 0 amide bonds. The summed E-state index contributed by atoms with van der Waals surface area (Å²) in [6.45, 7) is 3.64. The van der Waals surface area contributed by atoms with E-state index in [9.17, 15) is 8.42 Å². The Morgan fingerprint density at radius 2 is 2.13 bits per heavy atom. The minimum absolute atomic E-state index is 0.163. The molecule has 0 fully saturated rings. The van der Waals surface area contributed by atoms with Gasteiger partial charge in [-0.3, -0.25) is 0 Å². The number of hydrogen-bond acceptors (Lipinski definition) is 4. The molecular formula is C8H13IN2O3S. The van der Waals surface area contributed by atoms with Crippen LogP contribution in [0, 0.1) is 13.8 Å². The highest BCUT2D eigenvalue weighted by molar-refractivity contribution is 14.1. The maximum absolute atomic E-state index is 11.8. The summed E-state index contributed by atoms with van der Waals surface area (Å²) in [6, 6.07) is 0. The predicted molar refractivity (Wildman–Crippen MR) is 64.7 cm³/mol. The van der Waals surface area contributed by atoms with Crippen molar-refractivity contribution in [3.05, 3.63) is 11.5 Å². The van der Waals surface area contributed by atoms with Gasteiger partial charge in [-0.2, -0.15) is 0 Å². The largest absolute Gasteiger partial charge is 0.360 e. The lowest BCUT2D eigenvalue weighted by Gasteiger charge is -2.04. The van der Waals surface area contributed by atoms with Crippen molar-refractivity contribution in [2.75, 3.05) is 11.0 Å². The summed E-state index contributed by atoms with van der Waals surface area (Å²) in [5.74, 6) is 0.328. The Kier molecular flexibility index (Phi) is 4.53. The van der Waals surface area contributed by atoms with Gasteiger partial charge in [-0.25, -0.2) is 13.1 Å². The molecule has 1 aromatic heterocycles. The summed E-state index contributed by atoms with van der Waals surface area (Å²) in [7, 11) is -3.46. The molecule has 0 saturated heterocycles. The topological polar surface area (TPSA) is 72.2 Å². The Morgan fingerprint density at radius 1 is 1.47 bits per heavy atom. The molecule has 0 aliphatic carbocycles. The first-order chi connectivity index (χ1) is 6.99. The van der Waals surface area contributed by atoms with Crippen molar-refractivity contribution in [1.29, 1.82) is 0 Å². The van der Waals surface area contributed by atoms with E-state index in [0.29, 0.717) is 18.0 Å². The van der Waals surface area contributed by atoms with Gasteiger partial charge in [-0.15, -0.1) is 0 Å². The third-order valence-electron chi connectivity index (χ3n) is 1.84. The number of rotatable bonds is 5. The summed E-state index contributed by atoms with van der Waals surface area (Å²) >= 11 is 2.20. The maximum atomic E-state index is 11.8. The first kappa shape index (κ1) is 12.9. The molecule has 1 N–H and O–H groups in total. The SMILES string of the molecule is Cc1noc(C)c1S(=O)(=O)NCCCI. The number of halogens is 1. The van der Waals surface area contributed by atoms with Crippen molar-refractivity contribution >= 4 is 32.6 Å². The third kappa shape index (κ3) is 3.15. The smallest absolute Gasteiger partial charge is 0.245 e. The number of sulfonamides is 1. The highest BCUT2D eigenvalue weighted by atomic mass is 127. The van der Waals surface area contributed by atoms with Gasteiger partial charge in [0.2, 0.25) is 10.0 Å². The molecule has 7 heteroatoms. The fraction of sp³-hybridized carbons (Fsp3) is 0.625. The molecule has 1 heterocycles. The number of nitrogens with zero attached hydrogens (tertiary/aromatic N) is 1. The van der Waals surface area contributed by atoms with Crippen molar-refractivity contribution in [2.45, 2.75) is 25.2 Å². The van der Waals surface area contributed by atoms with Gasteiger partial charge < -0.3 is 4.52 Å². The normalized spacial score (nSPS) is 11.9. The van der Waals surface area contributed by atoms with E-state index >= 15 is 0 Å². The van der Waals surface area contributed by atoms with Gasteiger partial charge in [0, 0.05) is 11.0 Å². The second-order valence-electron chi connectivity index (χ2n) is 3.09. The third-order valence-corrected chi connectivity index (χ3v) is 4.31. The molecule has 0 spiro atoms. The quantitative estimate of drug-likeness (QED) is 0.498. The number of aryl methyl sites for hydroxylation is 2. The van der Waals surface area contributed by atoms with Gasteiger partial charge in [0.05, 0.1) is 0 Å². The van der Waals surface area contributed by atoms with E-state index in [-0.39, 0.29) is 4.90 Å². The zero-order valence-corrected chi connectivity index (χ0v) is 11.6. The van der Waals surface area contributed by atoms with Crippen molar-refractivity contribution in [1.82, 2.24) is 9.88 Å². The van der Waals surface area contributed by atoms with Crippen molar-refractivity contribution < 1.29 is 12.9 Å². The van der Waals surface area contributed by atoms with Crippen molar-refractivity contribution in [3.63, 3.8) is 0 Å². The number of hydrogen-bond donors (Lipinski definition) is 1. The average Bonchev–Trinajstić information content (AvgIpc) is 2.46. The van der Waals surface area contributed by atoms with Gasteiger partial charge in [-0.05, 0) is 20.3 Å². The minimum Gasteiger partial charge on any atom is -0.360 e. The molecule has 0 aromatic carbocycles. The van der Waals surface area contributed by atoms with Crippen LogP contribution in [-0.2, 0) is 10.0 Å². The molecule has 0 aliphatic heterocycles. The Morgan fingerprint density at radius 3 is 2.60 bits per heavy atom. The van der Waals surface area contributed by atoms with Crippen LogP contribution in [-0.4, -0.2) is 24.5 Å². The summed E-state index contributed by atoms with van der Waals surface area (Å²) in [6.07, 6.45) is 0.809. The fourth-order valence-corrected chi connectivity index (χ4v) is 2.98. The molecule has 0 aliphatic rings.